The van der Waals surface area contributed by atoms with Crippen LogP contribution in [0.4, 0.5) is 5.69 Å². The summed E-state index contributed by atoms with van der Waals surface area (Å²) in [5.41, 5.74) is 1.05. The Morgan fingerprint density at radius 2 is 2.19 bits per heavy atom. The van der Waals surface area contributed by atoms with Crippen molar-refractivity contribution < 1.29 is 9.59 Å². The van der Waals surface area contributed by atoms with Gasteiger partial charge in [0.15, 0.2) is 5.78 Å². The lowest BCUT2D eigenvalue weighted by Gasteiger charge is -2.07. The summed E-state index contributed by atoms with van der Waals surface area (Å²) in [6.45, 7) is 1.37. The summed E-state index contributed by atoms with van der Waals surface area (Å²) < 4.78 is 0. The van der Waals surface area contributed by atoms with Crippen molar-refractivity contribution in [1.82, 2.24) is 0 Å². The predicted molar refractivity (Wildman–Crippen MR) is 60.5 cm³/mol. The van der Waals surface area contributed by atoms with Crippen LogP contribution in [-0.4, -0.2) is 17.6 Å². The van der Waals surface area contributed by atoms with Gasteiger partial charge in [0.25, 0.3) is 0 Å². The second-order valence-electron chi connectivity index (χ2n) is 3.11. The van der Waals surface area contributed by atoms with E-state index in [2.05, 4.69) is 5.32 Å². The molecule has 0 saturated carbocycles. The van der Waals surface area contributed by atoms with E-state index in [-0.39, 0.29) is 11.7 Å². The number of nitrogens with one attached hydrogen (secondary N) is 1. The highest BCUT2D eigenvalue weighted by Gasteiger charge is 2.10. The summed E-state index contributed by atoms with van der Waals surface area (Å²) in [4.78, 5) is 22.4. The molecule has 0 aliphatic heterocycles. The third kappa shape index (κ3) is 2.81. The van der Waals surface area contributed by atoms with Crippen molar-refractivity contribution in [3.8, 4) is 6.07 Å². The number of hydrogen-bond donors (Lipinski definition) is 1. The van der Waals surface area contributed by atoms with Crippen LogP contribution in [0.5, 0.6) is 0 Å². The van der Waals surface area contributed by atoms with Crippen molar-refractivity contribution in [3.63, 3.8) is 0 Å². The molecule has 0 spiro atoms. The van der Waals surface area contributed by atoms with Gasteiger partial charge in [-0.05, 0) is 25.1 Å². The van der Waals surface area contributed by atoms with Crippen LogP contribution in [0.3, 0.4) is 0 Å². The maximum absolute atomic E-state index is 11.3. The quantitative estimate of drug-likeness (QED) is 0.644. The van der Waals surface area contributed by atoms with Crippen molar-refractivity contribution in [2.24, 2.45) is 0 Å². The van der Waals surface area contributed by atoms with E-state index in [1.54, 1.807) is 0 Å². The van der Waals surface area contributed by atoms with Gasteiger partial charge in [0.1, 0.15) is 5.88 Å². The van der Waals surface area contributed by atoms with Crippen molar-refractivity contribution in [2.45, 2.75) is 6.92 Å². The molecule has 0 aliphatic carbocycles. The zero-order valence-corrected chi connectivity index (χ0v) is 9.34. The Morgan fingerprint density at radius 1 is 1.50 bits per heavy atom. The summed E-state index contributed by atoms with van der Waals surface area (Å²) >= 11 is 5.34. The fraction of sp³-hybridized carbons (Fsp3) is 0.182. The maximum Gasteiger partial charge on any atom is 0.239 e. The molecule has 1 N–H and O–H groups in total. The monoisotopic (exact) mass is 236 g/mol. The van der Waals surface area contributed by atoms with Crippen LogP contribution in [0.1, 0.15) is 22.8 Å². The normalized spacial score (nSPS) is 9.31. The Morgan fingerprint density at radius 3 is 2.69 bits per heavy atom. The second kappa shape index (κ2) is 5.29. The molecule has 0 fully saturated rings. The molecule has 0 heterocycles. The van der Waals surface area contributed by atoms with Gasteiger partial charge < -0.3 is 5.32 Å². The first kappa shape index (κ1) is 12.2. The number of rotatable bonds is 3. The standard InChI is InChI=1S/C11H9ClN2O2/c1-7(15)9-4-8(6-13)2-3-10(9)14-11(16)5-12/h2-4H,5H2,1H3,(H,14,16). The average molecular weight is 237 g/mol. The number of amides is 1. The first-order valence-corrected chi connectivity index (χ1v) is 5.03. The summed E-state index contributed by atoms with van der Waals surface area (Å²) in [7, 11) is 0. The number of carbonyl (C=O) groups is 2. The molecule has 1 aromatic carbocycles. The van der Waals surface area contributed by atoms with Crippen LogP contribution in [0, 0.1) is 11.3 Å². The average Bonchev–Trinajstić information content (AvgIpc) is 2.29. The van der Waals surface area contributed by atoms with Crippen LogP contribution in [0.25, 0.3) is 0 Å². The number of hydrogen-bond acceptors (Lipinski definition) is 3. The van der Waals surface area contributed by atoms with E-state index in [0.717, 1.165) is 0 Å². The first-order chi connectivity index (χ1) is 7.58. The molecule has 0 bridgehead atoms. The molecule has 1 aromatic rings. The van der Waals surface area contributed by atoms with Gasteiger partial charge in [0.2, 0.25) is 5.91 Å². The van der Waals surface area contributed by atoms with Gasteiger partial charge in [-0.15, -0.1) is 11.6 Å². The van der Waals surface area contributed by atoms with Gasteiger partial charge in [-0.25, -0.2) is 0 Å². The van der Waals surface area contributed by atoms with Crippen LogP contribution < -0.4 is 5.32 Å². The number of benzene rings is 1. The molecule has 5 heteroatoms. The zero-order chi connectivity index (χ0) is 12.1. The Bertz CT molecular complexity index is 477. The number of nitriles is 1. The maximum atomic E-state index is 11.3. The third-order valence-electron chi connectivity index (χ3n) is 1.92. The molecular formula is C11H9ClN2O2. The highest BCUT2D eigenvalue weighted by atomic mass is 35.5. The van der Waals surface area contributed by atoms with E-state index in [9.17, 15) is 9.59 Å². The van der Waals surface area contributed by atoms with E-state index >= 15 is 0 Å². The number of halogens is 1. The van der Waals surface area contributed by atoms with Gasteiger partial charge >= 0.3 is 0 Å². The Kier molecular flexibility index (Phi) is 4.03. The van der Waals surface area contributed by atoms with Crippen LogP contribution >= 0.6 is 11.6 Å². The number of ketones is 1. The fourth-order valence-electron chi connectivity index (χ4n) is 1.20. The molecule has 1 rings (SSSR count). The first-order valence-electron chi connectivity index (χ1n) is 4.49. The van der Waals surface area contributed by atoms with Crippen molar-refractivity contribution >= 4 is 29.0 Å². The van der Waals surface area contributed by atoms with Crippen LogP contribution in [0.15, 0.2) is 18.2 Å². The van der Waals surface area contributed by atoms with Crippen LogP contribution in [-0.2, 0) is 4.79 Å². The predicted octanol–water partition coefficient (Wildman–Crippen LogP) is 1.94. The van der Waals surface area contributed by atoms with Gasteiger partial charge in [-0.2, -0.15) is 5.26 Å². The number of nitrogens with zero attached hydrogens (tertiary/aromatic N) is 1. The number of anilines is 1. The molecule has 82 valence electrons. The number of Topliss-reactive ketones (excluding diaryl/α,β-unsaturated/α-hetero) is 1. The lowest BCUT2D eigenvalue weighted by molar-refractivity contribution is -0.113. The van der Waals surface area contributed by atoms with Crippen molar-refractivity contribution in [1.29, 1.82) is 5.26 Å². The Labute approximate surface area is 97.8 Å². The molecule has 0 saturated heterocycles. The smallest absolute Gasteiger partial charge is 0.239 e. The molecule has 0 aromatic heterocycles. The number of alkyl halides is 1. The highest BCUT2D eigenvalue weighted by molar-refractivity contribution is 6.29. The molecule has 0 unspecified atom stereocenters. The van der Waals surface area contributed by atoms with E-state index in [1.807, 2.05) is 6.07 Å². The second-order valence-corrected chi connectivity index (χ2v) is 3.38. The fourth-order valence-corrected chi connectivity index (χ4v) is 1.26. The molecule has 0 radical (unpaired) electrons. The molecular weight excluding hydrogens is 228 g/mol. The minimum absolute atomic E-state index is 0.183. The lowest BCUT2D eigenvalue weighted by atomic mass is 10.1. The Hall–Kier alpha value is -1.86. The topological polar surface area (TPSA) is 70.0 Å². The summed E-state index contributed by atoms with van der Waals surface area (Å²) in [6.07, 6.45) is 0. The highest BCUT2D eigenvalue weighted by Crippen LogP contribution is 2.18. The zero-order valence-electron chi connectivity index (χ0n) is 8.58. The van der Waals surface area contributed by atoms with Gasteiger partial charge in [0, 0.05) is 5.56 Å². The molecule has 4 nitrogen and oxygen atoms in total. The van der Waals surface area contributed by atoms with Crippen molar-refractivity contribution in [3.05, 3.63) is 29.3 Å². The minimum Gasteiger partial charge on any atom is -0.324 e. The summed E-state index contributed by atoms with van der Waals surface area (Å²) in [5, 5.41) is 11.2. The molecule has 0 aliphatic rings. The SMILES string of the molecule is CC(=O)c1cc(C#N)ccc1NC(=O)CCl. The van der Waals surface area contributed by atoms with Gasteiger partial charge in [0.05, 0.1) is 17.3 Å². The van der Waals surface area contributed by atoms with E-state index in [1.165, 1.54) is 25.1 Å². The third-order valence-corrected chi connectivity index (χ3v) is 2.17. The largest absolute Gasteiger partial charge is 0.324 e. The molecule has 0 atom stereocenters. The summed E-state index contributed by atoms with van der Waals surface area (Å²) in [6, 6.07) is 6.40. The summed E-state index contributed by atoms with van der Waals surface area (Å²) in [5.74, 6) is -0.798. The van der Waals surface area contributed by atoms with Crippen LogP contribution in [0.2, 0.25) is 0 Å². The minimum atomic E-state index is -0.395. The lowest BCUT2D eigenvalue weighted by Crippen LogP contribution is -2.15. The van der Waals surface area contributed by atoms with E-state index in [0.29, 0.717) is 16.8 Å². The molecule has 1 amide bonds. The molecule has 16 heavy (non-hydrogen) atoms. The number of carbonyl (C=O) groups excluding carboxylic acids is 2. The van der Waals surface area contributed by atoms with Gasteiger partial charge in [-0.3, -0.25) is 9.59 Å². The Balaban J connectivity index is 3.14. The van der Waals surface area contributed by atoms with Gasteiger partial charge in [-0.1, -0.05) is 0 Å². The van der Waals surface area contributed by atoms with E-state index in [4.69, 9.17) is 16.9 Å². The van der Waals surface area contributed by atoms with Crippen molar-refractivity contribution in [2.75, 3.05) is 11.2 Å². The van der Waals surface area contributed by atoms with E-state index < -0.39 is 5.91 Å².